The van der Waals surface area contributed by atoms with E-state index in [0.29, 0.717) is 6.42 Å². The molecule has 3 rings (SSSR count). The molecule has 0 aliphatic heterocycles. The van der Waals surface area contributed by atoms with Gasteiger partial charge in [-0.3, -0.25) is 4.68 Å². The van der Waals surface area contributed by atoms with Crippen LogP contribution in [0.15, 0.2) is 18.5 Å². The summed E-state index contributed by atoms with van der Waals surface area (Å²) in [5, 5.41) is 14.7. The van der Waals surface area contributed by atoms with Gasteiger partial charge in [-0.1, -0.05) is 6.42 Å². The Morgan fingerprint density at radius 2 is 2.20 bits per heavy atom. The third kappa shape index (κ3) is 2.96. The Kier molecular flexibility index (Phi) is 4.22. The third-order valence-electron chi connectivity index (χ3n) is 4.03. The van der Waals surface area contributed by atoms with Crippen LogP contribution in [0.2, 0.25) is 0 Å². The van der Waals surface area contributed by atoms with Gasteiger partial charge in [0.1, 0.15) is 0 Å². The van der Waals surface area contributed by atoms with Gasteiger partial charge < -0.3 is 5.11 Å². The average Bonchev–Trinajstić information content (AvgIpc) is 3.01. The van der Waals surface area contributed by atoms with Crippen LogP contribution in [0.1, 0.15) is 53.2 Å². The molecule has 1 atom stereocenters. The summed E-state index contributed by atoms with van der Waals surface area (Å²) in [6, 6.07) is 2.24. The van der Waals surface area contributed by atoms with Crippen LogP contribution < -0.4 is 0 Å². The highest BCUT2D eigenvalue weighted by Gasteiger charge is 2.17. The molecular weight excluding hydrogens is 268 g/mol. The fourth-order valence-corrected chi connectivity index (χ4v) is 4.11. The first-order valence-corrected chi connectivity index (χ1v) is 8.38. The zero-order valence-corrected chi connectivity index (χ0v) is 12.8. The number of rotatable bonds is 4. The highest BCUT2D eigenvalue weighted by atomic mass is 32.1. The number of thiophene rings is 1. The smallest absolute Gasteiger partial charge is 0.0923 e. The maximum absolute atomic E-state index is 10.4. The zero-order valence-electron chi connectivity index (χ0n) is 12.0. The van der Waals surface area contributed by atoms with Gasteiger partial charge in [0.05, 0.1) is 12.3 Å². The van der Waals surface area contributed by atoms with E-state index >= 15 is 0 Å². The summed E-state index contributed by atoms with van der Waals surface area (Å²) in [7, 11) is 0. The summed E-state index contributed by atoms with van der Waals surface area (Å²) in [5.74, 6) is 0. The first-order valence-electron chi connectivity index (χ1n) is 7.57. The lowest BCUT2D eigenvalue weighted by atomic mass is 10.1. The minimum Gasteiger partial charge on any atom is -0.387 e. The molecule has 4 heteroatoms. The zero-order chi connectivity index (χ0) is 13.9. The number of aryl methyl sites for hydroxylation is 3. The van der Waals surface area contributed by atoms with E-state index in [1.807, 2.05) is 28.4 Å². The van der Waals surface area contributed by atoms with Crippen LogP contribution in [0.4, 0.5) is 0 Å². The molecule has 108 valence electrons. The molecule has 0 bridgehead atoms. The van der Waals surface area contributed by atoms with E-state index in [1.165, 1.54) is 42.5 Å². The van der Waals surface area contributed by atoms with Crippen LogP contribution in [-0.4, -0.2) is 14.9 Å². The summed E-state index contributed by atoms with van der Waals surface area (Å²) in [5.41, 5.74) is 2.59. The maximum atomic E-state index is 10.4. The van der Waals surface area contributed by atoms with Crippen molar-refractivity contribution in [3.8, 4) is 0 Å². The van der Waals surface area contributed by atoms with Crippen LogP contribution in [-0.2, 0) is 25.8 Å². The van der Waals surface area contributed by atoms with Crippen molar-refractivity contribution < 1.29 is 5.11 Å². The van der Waals surface area contributed by atoms with Gasteiger partial charge in [0.25, 0.3) is 0 Å². The summed E-state index contributed by atoms with van der Waals surface area (Å²) >= 11 is 1.81. The van der Waals surface area contributed by atoms with Crippen molar-refractivity contribution in [3.05, 3.63) is 39.3 Å². The lowest BCUT2D eigenvalue weighted by molar-refractivity contribution is 0.182. The first-order chi connectivity index (χ1) is 9.76. The van der Waals surface area contributed by atoms with Gasteiger partial charge in [-0.05, 0) is 49.8 Å². The van der Waals surface area contributed by atoms with Gasteiger partial charge in [-0.2, -0.15) is 5.10 Å². The van der Waals surface area contributed by atoms with Gasteiger partial charge in [0, 0.05) is 28.9 Å². The summed E-state index contributed by atoms with van der Waals surface area (Å²) in [6.07, 6.45) is 10.5. The van der Waals surface area contributed by atoms with E-state index in [9.17, 15) is 5.11 Å². The Labute approximate surface area is 124 Å². The van der Waals surface area contributed by atoms with E-state index in [4.69, 9.17) is 0 Å². The molecule has 0 spiro atoms. The van der Waals surface area contributed by atoms with Crippen LogP contribution in [0.3, 0.4) is 0 Å². The predicted molar refractivity (Wildman–Crippen MR) is 82.1 cm³/mol. The van der Waals surface area contributed by atoms with Crippen molar-refractivity contribution in [2.24, 2.45) is 0 Å². The quantitative estimate of drug-likeness (QED) is 0.875. The Morgan fingerprint density at radius 3 is 3.00 bits per heavy atom. The molecule has 1 aliphatic carbocycles. The lowest BCUT2D eigenvalue weighted by Crippen LogP contribution is -1.99. The van der Waals surface area contributed by atoms with Crippen LogP contribution in [0.5, 0.6) is 0 Å². The number of aliphatic hydroxyl groups excluding tert-OH is 1. The Bertz CT molecular complexity index is 549. The summed E-state index contributed by atoms with van der Waals surface area (Å²) in [4.78, 5) is 2.63. The fraction of sp³-hybridized carbons (Fsp3) is 0.562. The topological polar surface area (TPSA) is 38.0 Å². The van der Waals surface area contributed by atoms with Gasteiger partial charge >= 0.3 is 0 Å². The molecule has 2 heterocycles. The van der Waals surface area contributed by atoms with E-state index < -0.39 is 0 Å². The maximum Gasteiger partial charge on any atom is 0.0923 e. The molecule has 0 fully saturated rings. The van der Waals surface area contributed by atoms with Crippen molar-refractivity contribution in [2.75, 3.05) is 0 Å². The van der Waals surface area contributed by atoms with Crippen molar-refractivity contribution in [1.29, 1.82) is 0 Å². The van der Waals surface area contributed by atoms with E-state index in [2.05, 4.69) is 18.1 Å². The second-order valence-corrected chi connectivity index (χ2v) is 6.75. The number of hydrogen-bond donors (Lipinski definition) is 1. The highest BCUT2D eigenvalue weighted by Crippen LogP contribution is 2.33. The van der Waals surface area contributed by atoms with Crippen LogP contribution >= 0.6 is 11.3 Å². The van der Waals surface area contributed by atoms with Crippen molar-refractivity contribution in [3.63, 3.8) is 0 Å². The molecule has 20 heavy (non-hydrogen) atoms. The molecule has 2 aromatic rings. The number of fused-ring (bicyclic) bond motifs is 1. The van der Waals surface area contributed by atoms with Crippen molar-refractivity contribution >= 4 is 11.3 Å². The summed E-state index contributed by atoms with van der Waals surface area (Å²) < 4.78 is 1.91. The number of aromatic nitrogens is 2. The lowest BCUT2D eigenvalue weighted by Gasteiger charge is -2.06. The highest BCUT2D eigenvalue weighted by molar-refractivity contribution is 7.12. The Hall–Kier alpha value is -1.13. The van der Waals surface area contributed by atoms with Gasteiger partial charge in [0.15, 0.2) is 0 Å². The van der Waals surface area contributed by atoms with Crippen LogP contribution in [0.25, 0.3) is 0 Å². The van der Waals surface area contributed by atoms with Gasteiger partial charge in [-0.15, -0.1) is 11.3 Å². The molecule has 0 amide bonds. The van der Waals surface area contributed by atoms with Crippen molar-refractivity contribution in [1.82, 2.24) is 9.78 Å². The predicted octanol–water partition coefficient (Wildman–Crippen LogP) is 3.51. The standard InChI is InChI=1S/C16H22N2OS/c1-2-18-11-12(10-17-18)8-14(19)16-9-13-6-4-3-5-7-15(13)20-16/h9-11,14,19H,2-8H2,1H3. The molecular formula is C16H22N2OS. The Balaban J connectivity index is 1.72. The van der Waals surface area contributed by atoms with Gasteiger partial charge in [0.2, 0.25) is 0 Å². The normalized spacial score (nSPS) is 16.7. The molecule has 1 N–H and O–H groups in total. The van der Waals surface area contributed by atoms with Gasteiger partial charge in [-0.25, -0.2) is 0 Å². The molecule has 0 saturated heterocycles. The Morgan fingerprint density at radius 1 is 1.35 bits per heavy atom. The summed E-state index contributed by atoms with van der Waals surface area (Å²) in [6.45, 7) is 2.95. The third-order valence-corrected chi connectivity index (χ3v) is 5.37. The van der Waals surface area contributed by atoms with E-state index in [0.717, 1.165) is 17.0 Å². The average molecular weight is 290 g/mol. The van der Waals surface area contributed by atoms with E-state index in [1.54, 1.807) is 0 Å². The molecule has 3 nitrogen and oxygen atoms in total. The second-order valence-electron chi connectivity index (χ2n) is 5.58. The molecule has 1 aliphatic rings. The molecule has 0 saturated carbocycles. The number of aliphatic hydroxyl groups is 1. The fourth-order valence-electron chi connectivity index (χ4n) is 2.86. The number of hydrogen-bond acceptors (Lipinski definition) is 3. The molecule has 0 aromatic carbocycles. The number of nitrogens with zero attached hydrogens (tertiary/aromatic N) is 2. The van der Waals surface area contributed by atoms with Crippen LogP contribution in [0, 0.1) is 0 Å². The SMILES string of the molecule is CCn1cc(CC(O)c2cc3c(s2)CCCCC3)cn1. The minimum atomic E-state index is -0.388. The van der Waals surface area contributed by atoms with Crippen molar-refractivity contribution in [2.45, 2.75) is 58.1 Å². The second kappa shape index (κ2) is 6.10. The minimum absolute atomic E-state index is 0.388. The molecule has 2 aromatic heterocycles. The largest absolute Gasteiger partial charge is 0.387 e. The van der Waals surface area contributed by atoms with E-state index in [-0.39, 0.29) is 6.10 Å². The monoisotopic (exact) mass is 290 g/mol. The molecule has 1 unspecified atom stereocenters. The molecule has 0 radical (unpaired) electrons. The first kappa shape index (κ1) is 13.8.